The molecule has 0 bridgehead atoms. The number of sulfonamides is 1. The Bertz CT molecular complexity index is 926. The molecule has 0 aliphatic rings. The molecule has 2 N–H and O–H groups in total. The van der Waals surface area contributed by atoms with E-state index >= 15 is 0 Å². The van der Waals surface area contributed by atoms with Gasteiger partial charge < -0.3 is 10.4 Å². The van der Waals surface area contributed by atoms with Crippen LogP contribution >= 0.6 is 0 Å². The molecular weight excluding hydrogens is 368 g/mol. The Labute approximate surface area is 158 Å². The molecule has 2 aromatic rings. The summed E-state index contributed by atoms with van der Waals surface area (Å²) in [6.45, 7) is 3.48. The van der Waals surface area contributed by atoms with Gasteiger partial charge in [0.1, 0.15) is 0 Å². The molecular formula is C19H22N2O5S. The van der Waals surface area contributed by atoms with Gasteiger partial charge in [0.2, 0.25) is 10.0 Å². The minimum absolute atomic E-state index is 0.0297. The van der Waals surface area contributed by atoms with E-state index in [9.17, 15) is 23.1 Å². The Morgan fingerprint density at radius 1 is 1.04 bits per heavy atom. The summed E-state index contributed by atoms with van der Waals surface area (Å²) in [6.07, 6.45) is 0. The number of nitrogens with zero attached hydrogens (tertiary/aromatic N) is 1. The first-order valence-electron chi connectivity index (χ1n) is 8.31. The van der Waals surface area contributed by atoms with Crippen LogP contribution in [-0.4, -0.2) is 42.8 Å². The second-order valence-corrected chi connectivity index (χ2v) is 8.30. The molecule has 144 valence electrons. The van der Waals surface area contributed by atoms with Gasteiger partial charge in [0.15, 0.2) is 6.04 Å². The monoisotopic (exact) mass is 390 g/mol. The van der Waals surface area contributed by atoms with Gasteiger partial charge in [0, 0.05) is 18.7 Å². The fourth-order valence-corrected chi connectivity index (χ4v) is 3.80. The molecule has 1 unspecified atom stereocenters. The van der Waals surface area contributed by atoms with Crippen LogP contribution in [0.1, 0.15) is 35.8 Å². The van der Waals surface area contributed by atoms with E-state index in [4.69, 9.17) is 0 Å². The summed E-state index contributed by atoms with van der Waals surface area (Å²) in [6, 6.07) is 12.3. The van der Waals surface area contributed by atoms with Crippen molar-refractivity contribution in [1.29, 1.82) is 0 Å². The summed E-state index contributed by atoms with van der Waals surface area (Å²) in [5.74, 6) is -1.88. The third-order valence-corrected chi connectivity index (χ3v) is 6.19. The lowest BCUT2D eigenvalue weighted by Gasteiger charge is -2.21. The van der Waals surface area contributed by atoms with Crippen molar-refractivity contribution in [2.24, 2.45) is 0 Å². The van der Waals surface area contributed by atoms with Crippen LogP contribution in [0.3, 0.4) is 0 Å². The van der Waals surface area contributed by atoms with E-state index in [2.05, 4.69) is 5.32 Å². The van der Waals surface area contributed by atoms with Gasteiger partial charge in [-0.05, 0) is 37.6 Å². The van der Waals surface area contributed by atoms with Crippen molar-refractivity contribution in [3.05, 3.63) is 65.7 Å². The quantitative estimate of drug-likeness (QED) is 0.755. The van der Waals surface area contributed by atoms with Gasteiger partial charge in [-0.25, -0.2) is 13.2 Å². The molecule has 0 saturated carbocycles. The van der Waals surface area contributed by atoms with Gasteiger partial charge in [0.25, 0.3) is 5.91 Å². The maximum absolute atomic E-state index is 12.6. The molecule has 0 heterocycles. The molecule has 1 atom stereocenters. The van der Waals surface area contributed by atoms with Crippen LogP contribution in [0.25, 0.3) is 0 Å². The van der Waals surface area contributed by atoms with Crippen molar-refractivity contribution in [1.82, 2.24) is 9.62 Å². The van der Waals surface area contributed by atoms with Crippen molar-refractivity contribution in [2.45, 2.75) is 30.8 Å². The van der Waals surface area contributed by atoms with Gasteiger partial charge in [-0.15, -0.1) is 0 Å². The molecule has 0 aliphatic carbocycles. The number of hydrogen-bond donors (Lipinski definition) is 2. The first-order chi connectivity index (χ1) is 12.6. The van der Waals surface area contributed by atoms with Gasteiger partial charge >= 0.3 is 5.97 Å². The Hall–Kier alpha value is -2.71. The molecule has 0 aromatic heterocycles. The van der Waals surface area contributed by atoms with Gasteiger partial charge in [-0.3, -0.25) is 4.79 Å². The maximum Gasteiger partial charge on any atom is 0.330 e. The van der Waals surface area contributed by atoms with E-state index in [0.29, 0.717) is 5.56 Å². The van der Waals surface area contributed by atoms with Crippen molar-refractivity contribution in [3.8, 4) is 0 Å². The standard InChI is InChI=1S/C19H22N2O5S/c1-13(2)21(3)27(25,26)16-11-7-10-15(12-16)18(22)20-17(19(23)24)14-8-5-4-6-9-14/h4-13,17H,1-3H3,(H,20,22)(H,23,24). The zero-order chi connectivity index (χ0) is 20.2. The lowest BCUT2D eigenvalue weighted by atomic mass is 10.1. The van der Waals surface area contributed by atoms with Crippen LogP contribution < -0.4 is 5.32 Å². The van der Waals surface area contributed by atoms with E-state index in [1.54, 1.807) is 44.2 Å². The Morgan fingerprint density at radius 3 is 2.22 bits per heavy atom. The molecule has 0 spiro atoms. The van der Waals surface area contributed by atoms with Gasteiger partial charge in [-0.2, -0.15) is 4.31 Å². The Balaban J connectivity index is 2.31. The van der Waals surface area contributed by atoms with Crippen molar-refractivity contribution >= 4 is 21.9 Å². The summed E-state index contributed by atoms with van der Waals surface area (Å²) in [5.41, 5.74) is 0.483. The second kappa shape index (κ2) is 8.32. The number of benzene rings is 2. The number of carboxylic acid groups (broad SMARTS) is 1. The lowest BCUT2D eigenvalue weighted by Crippen LogP contribution is -2.34. The average molecular weight is 390 g/mol. The van der Waals surface area contributed by atoms with Crippen molar-refractivity contribution in [3.63, 3.8) is 0 Å². The van der Waals surface area contributed by atoms with Gasteiger partial charge in [-0.1, -0.05) is 36.4 Å². The summed E-state index contributed by atoms with van der Waals surface area (Å²) in [5, 5.41) is 11.9. The second-order valence-electron chi connectivity index (χ2n) is 6.30. The molecule has 0 saturated heterocycles. The highest BCUT2D eigenvalue weighted by atomic mass is 32.2. The van der Waals surface area contributed by atoms with E-state index in [-0.39, 0.29) is 16.5 Å². The average Bonchev–Trinajstić information content (AvgIpc) is 2.65. The van der Waals surface area contributed by atoms with Crippen LogP contribution in [0, 0.1) is 0 Å². The molecule has 0 fully saturated rings. The minimum atomic E-state index is -3.75. The Morgan fingerprint density at radius 2 is 1.67 bits per heavy atom. The minimum Gasteiger partial charge on any atom is -0.479 e. The number of rotatable bonds is 7. The predicted molar refractivity (Wildman–Crippen MR) is 101 cm³/mol. The van der Waals surface area contributed by atoms with E-state index in [0.717, 1.165) is 0 Å². The molecule has 0 radical (unpaired) electrons. The van der Waals surface area contributed by atoms with Crippen LogP contribution in [0.2, 0.25) is 0 Å². The molecule has 1 amide bonds. The van der Waals surface area contributed by atoms with Crippen LogP contribution in [-0.2, 0) is 14.8 Å². The zero-order valence-corrected chi connectivity index (χ0v) is 16.1. The van der Waals surface area contributed by atoms with Crippen LogP contribution in [0.4, 0.5) is 0 Å². The Kier molecular flexibility index (Phi) is 6.35. The van der Waals surface area contributed by atoms with Crippen LogP contribution in [0.5, 0.6) is 0 Å². The number of nitrogens with one attached hydrogen (secondary N) is 1. The molecule has 2 aromatic carbocycles. The maximum atomic E-state index is 12.6. The molecule has 2 rings (SSSR count). The number of carboxylic acids is 1. The van der Waals surface area contributed by atoms with E-state index < -0.39 is 27.9 Å². The predicted octanol–water partition coefficient (Wildman–Crippen LogP) is 2.27. The summed E-state index contributed by atoms with van der Waals surface area (Å²) >= 11 is 0. The van der Waals surface area contributed by atoms with E-state index in [1.807, 2.05) is 0 Å². The first-order valence-corrected chi connectivity index (χ1v) is 9.75. The molecule has 27 heavy (non-hydrogen) atoms. The van der Waals surface area contributed by atoms with Gasteiger partial charge in [0.05, 0.1) is 4.90 Å². The summed E-state index contributed by atoms with van der Waals surface area (Å²) in [7, 11) is -2.29. The number of aliphatic carboxylic acids is 1. The lowest BCUT2D eigenvalue weighted by molar-refractivity contribution is -0.139. The highest BCUT2D eigenvalue weighted by Crippen LogP contribution is 2.19. The number of hydrogen-bond acceptors (Lipinski definition) is 4. The zero-order valence-electron chi connectivity index (χ0n) is 15.3. The normalized spacial score (nSPS) is 12.8. The smallest absolute Gasteiger partial charge is 0.330 e. The number of carbonyl (C=O) groups excluding carboxylic acids is 1. The highest BCUT2D eigenvalue weighted by Gasteiger charge is 2.26. The topological polar surface area (TPSA) is 104 Å². The largest absolute Gasteiger partial charge is 0.479 e. The third kappa shape index (κ3) is 4.72. The molecule has 7 nitrogen and oxygen atoms in total. The van der Waals surface area contributed by atoms with Crippen molar-refractivity contribution in [2.75, 3.05) is 7.05 Å². The van der Waals surface area contributed by atoms with Crippen molar-refractivity contribution < 1.29 is 23.1 Å². The number of carbonyl (C=O) groups is 2. The fourth-order valence-electron chi connectivity index (χ4n) is 2.39. The fraction of sp³-hybridized carbons (Fsp3) is 0.263. The summed E-state index contributed by atoms with van der Waals surface area (Å²) < 4.78 is 26.4. The molecule has 8 heteroatoms. The summed E-state index contributed by atoms with van der Waals surface area (Å²) in [4.78, 5) is 24.0. The molecule has 0 aliphatic heterocycles. The highest BCUT2D eigenvalue weighted by molar-refractivity contribution is 7.89. The van der Waals surface area contributed by atoms with E-state index in [1.165, 1.54) is 35.6 Å². The SMILES string of the molecule is CC(C)N(C)S(=O)(=O)c1cccc(C(=O)NC(C(=O)O)c2ccccc2)c1. The van der Waals surface area contributed by atoms with Crippen LogP contribution in [0.15, 0.2) is 59.5 Å². The number of amides is 1. The first kappa shape index (κ1) is 20.6. The third-order valence-electron chi connectivity index (χ3n) is 4.16.